The maximum atomic E-state index is 13.3. The van der Waals surface area contributed by atoms with Gasteiger partial charge in [-0.3, -0.25) is 9.78 Å². The average molecular weight is 480 g/mol. The van der Waals surface area contributed by atoms with Crippen LogP contribution >= 0.6 is 11.8 Å². The Morgan fingerprint density at radius 2 is 1.94 bits per heavy atom. The van der Waals surface area contributed by atoms with Gasteiger partial charge in [0, 0.05) is 44.0 Å². The summed E-state index contributed by atoms with van der Waals surface area (Å²) in [7, 11) is 0. The van der Waals surface area contributed by atoms with Crippen LogP contribution in [0, 0.1) is 0 Å². The first-order valence-corrected chi connectivity index (χ1v) is 11.4. The van der Waals surface area contributed by atoms with Crippen LogP contribution in [0.25, 0.3) is 0 Å². The molecule has 3 aromatic heterocycles. The van der Waals surface area contributed by atoms with Crippen LogP contribution in [0.5, 0.6) is 0 Å². The fraction of sp³-hybridized carbons (Fsp3) is 0.364. The van der Waals surface area contributed by atoms with Crippen LogP contribution in [0.2, 0.25) is 0 Å². The Morgan fingerprint density at radius 1 is 1.15 bits per heavy atom. The molecule has 176 valence electrons. The molecule has 0 saturated heterocycles. The average Bonchev–Trinajstić information content (AvgIpc) is 3.28. The van der Waals surface area contributed by atoms with Gasteiger partial charge in [-0.2, -0.15) is 13.2 Å². The first kappa shape index (κ1) is 24.6. The number of carbonyl (C=O) groups excluding carboxylic acids is 1. The molecule has 1 N–H and O–H groups in total. The number of halogens is 3. The van der Waals surface area contributed by atoms with E-state index in [4.69, 9.17) is 4.42 Å². The van der Waals surface area contributed by atoms with Gasteiger partial charge >= 0.3 is 6.18 Å². The SMILES string of the molecule is CCN(CC)c1cc(C(F)(F)F)nc(SCc2ccc(C(=O)NCCc3ccccn3)o2)n1. The van der Waals surface area contributed by atoms with Gasteiger partial charge in [0.25, 0.3) is 5.91 Å². The van der Waals surface area contributed by atoms with Crippen molar-refractivity contribution in [2.75, 3.05) is 24.5 Å². The fourth-order valence-electron chi connectivity index (χ4n) is 2.98. The van der Waals surface area contributed by atoms with Crippen molar-refractivity contribution in [3.63, 3.8) is 0 Å². The molecule has 0 atom stereocenters. The minimum Gasteiger partial charge on any atom is -0.455 e. The zero-order chi connectivity index (χ0) is 23.8. The molecule has 0 unspecified atom stereocenters. The van der Waals surface area contributed by atoms with Gasteiger partial charge < -0.3 is 14.6 Å². The zero-order valence-electron chi connectivity index (χ0n) is 18.2. The fourth-order valence-corrected chi connectivity index (χ4v) is 3.73. The van der Waals surface area contributed by atoms with Crippen LogP contribution < -0.4 is 10.2 Å². The molecule has 11 heteroatoms. The number of nitrogens with one attached hydrogen (secondary N) is 1. The number of anilines is 1. The third kappa shape index (κ3) is 6.95. The van der Waals surface area contributed by atoms with Gasteiger partial charge in [-0.15, -0.1) is 0 Å². The molecule has 3 aromatic rings. The van der Waals surface area contributed by atoms with E-state index < -0.39 is 11.9 Å². The quantitative estimate of drug-likeness (QED) is 0.336. The van der Waals surface area contributed by atoms with E-state index in [1.807, 2.05) is 32.0 Å². The second-order valence-corrected chi connectivity index (χ2v) is 7.89. The Kier molecular flexibility index (Phi) is 8.32. The van der Waals surface area contributed by atoms with Crippen LogP contribution in [0.15, 0.2) is 52.2 Å². The smallest absolute Gasteiger partial charge is 0.433 e. The molecule has 0 aliphatic rings. The monoisotopic (exact) mass is 479 g/mol. The second kappa shape index (κ2) is 11.2. The van der Waals surface area contributed by atoms with Gasteiger partial charge in [-0.1, -0.05) is 17.8 Å². The molecule has 0 saturated carbocycles. The number of hydrogen-bond donors (Lipinski definition) is 1. The molecule has 0 aliphatic carbocycles. The summed E-state index contributed by atoms with van der Waals surface area (Å²) in [6.07, 6.45) is -2.31. The predicted octanol–water partition coefficient (Wildman–Crippen LogP) is 4.59. The number of amides is 1. The Bertz CT molecular complexity index is 1060. The number of hydrogen-bond acceptors (Lipinski definition) is 7. The van der Waals surface area contributed by atoms with Crippen LogP contribution in [-0.2, 0) is 18.3 Å². The summed E-state index contributed by atoms with van der Waals surface area (Å²) in [6, 6.07) is 9.66. The van der Waals surface area contributed by atoms with Gasteiger partial charge in [-0.25, -0.2) is 9.97 Å². The molecule has 0 aliphatic heterocycles. The van der Waals surface area contributed by atoms with Gasteiger partial charge in [0.2, 0.25) is 0 Å². The van der Waals surface area contributed by atoms with Crippen molar-refractivity contribution in [1.82, 2.24) is 20.3 Å². The molecular formula is C22H24F3N5O2S. The van der Waals surface area contributed by atoms with Gasteiger partial charge in [0.05, 0.1) is 5.75 Å². The number of rotatable bonds is 10. The normalized spacial score (nSPS) is 11.4. The van der Waals surface area contributed by atoms with E-state index in [0.29, 0.717) is 31.8 Å². The van der Waals surface area contributed by atoms with Crippen molar-refractivity contribution in [3.05, 3.63) is 65.5 Å². The van der Waals surface area contributed by atoms with Crippen molar-refractivity contribution in [2.24, 2.45) is 0 Å². The molecule has 1 amide bonds. The molecule has 0 bridgehead atoms. The highest BCUT2D eigenvalue weighted by atomic mass is 32.2. The zero-order valence-corrected chi connectivity index (χ0v) is 19.0. The number of nitrogens with zero attached hydrogens (tertiary/aromatic N) is 4. The number of pyridine rings is 1. The number of carbonyl (C=O) groups is 1. The third-order valence-electron chi connectivity index (χ3n) is 4.69. The molecule has 33 heavy (non-hydrogen) atoms. The van der Waals surface area contributed by atoms with Gasteiger partial charge in [0.1, 0.15) is 11.6 Å². The standard InChI is InChI=1S/C22H24F3N5O2S/c1-3-30(4-2)19-13-18(22(23,24)25)28-21(29-19)33-14-16-8-9-17(32-16)20(31)27-12-10-15-7-5-6-11-26-15/h5-9,11,13H,3-4,10,12,14H2,1-2H3,(H,27,31). The Morgan fingerprint density at radius 3 is 2.61 bits per heavy atom. The van der Waals surface area contributed by atoms with Crippen molar-refractivity contribution in [2.45, 2.75) is 37.4 Å². The molecule has 7 nitrogen and oxygen atoms in total. The molecule has 3 rings (SSSR count). The van der Waals surface area contributed by atoms with E-state index in [1.165, 1.54) is 6.07 Å². The van der Waals surface area contributed by atoms with E-state index in [1.54, 1.807) is 17.2 Å². The highest BCUT2D eigenvalue weighted by molar-refractivity contribution is 7.98. The molecule has 0 spiro atoms. The van der Waals surface area contributed by atoms with E-state index in [9.17, 15) is 18.0 Å². The number of aromatic nitrogens is 3. The highest BCUT2D eigenvalue weighted by Crippen LogP contribution is 2.32. The van der Waals surface area contributed by atoms with Crippen molar-refractivity contribution >= 4 is 23.5 Å². The van der Waals surface area contributed by atoms with Crippen LogP contribution in [0.3, 0.4) is 0 Å². The summed E-state index contributed by atoms with van der Waals surface area (Å²) in [5.74, 6) is 0.583. The summed E-state index contributed by atoms with van der Waals surface area (Å²) in [4.78, 5) is 26.1. The largest absolute Gasteiger partial charge is 0.455 e. The number of alkyl halides is 3. The van der Waals surface area contributed by atoms with Crippen LogP contribution in [0.4, 0.5) is 19.0 Å². The van der Waals surface area contributed by atoms with E-state index in [-0.39, 0.29) is 28.4 Å². The summed E-state index contributed by atoms with van der Waals surface area (Å²) in [6.45, 7) is 5.12. The van der Waals surface area contributed by atoms with Crippen LogP contribution in [-0.4, -0.2) is 40.5 Å². The number of thioether (sulfide) groups is 1. The van der Waals surface area contributed by atoms with E-state index in [0.717, 1.165) is 23.5 Å². The Labute approximate surface area is 193 Å². The minimum absolute atomic E-state index is 0.00973. The first-order chi connectivity index (χ1) is 15.8. The van der Waals surface area contributed by atoms with Crippen molar-refractivity contribution in [3.8, 4) is 0 Å². The third-order valence-corrected chi connectivity index (χ3v) is 5.56. The van der Waals surface area contributed by atoms with Gasteiger partial charge in [0.15, 0.2) is 16.6 Å². The maximum absolute atomic E-state index is 13.3. The van der Waals surface area contributed by atoms with Crippen LogP contribution in [0.1, 0.15) is 41.6 Å². The summed E-state index contributed by atoms with van der Waals surface area (Å²) in [5, 5.41) is 2.75. The Balaban J connectivity index is 1.62. The topological polar surface area (TPSA) is 84.2 Å². The van der Waals surface area contributed by atoms with E-state index >= 15 is 0 Å². The summed E-state index contributed by atoms with van der Waals surface area (Å²) < 4.78 is 45.5. The van der Waals surface area contributed by atoms with Gasteiger partial charge in [-0.05, 0) is 38.1 Å². The molecule has 0 radical (unpaired) electrons. The number of furan rings is 1. The maximum Gasteiger partial charge on any atom is 0.433 e. The summed E-state index contributed by atoms with van der Waals surface area (Å²) >= 11 is 1.01. The molecular weight excluding hydrogens is 455 g/mol. The second-order valence-electron chi connectivity index (χ2n) is 6.95. The molecule has 0 fully saturated rings. The Hall–Kier alpha value is -3.08. The minimum atomic E-state index is -4.58. The molecule has 0 aromatic carbocycles. The lowest BCUT2D eigenvalue weighted by atomic mass is 10.2. The summed E-state index contributed by atoms with van der Waals surface area (Å²) in [5.41, 5.74) is -0.131. The first-order valence-electron chi connectivity index (χ1n) is 10.4. The lowest BCUT2D eigenvalue weighted by Crippen LogP contribution is -2.25. The highest BCUT2D eigenvalue weighted by Gasteiger charge is 2.34. The van der Waals surface area contributed by atoms with E-state index in [2.05, 4.69) is 20.3 Å². The molecule has 3 heterocycles. The lowest BCUT2D eigenvalue weighted by Gasteiger charge is -2.21. The van der Waals surface area contributed by atoms with Crippen molar-refractivity contribution in [1.29, 1.82) is 0 Å². The lowest BCUT2D eigenvalue weighted by molar-refractivity contribution is -0.141. The predicted molar refractivity (Wildman–Crippen MR) is 119 cm³/mol. The van der Waals surface area contributed by atoms with Crippen molar-refractivity contribution < 1.29 is 22.4 Å².